The second kappa shape index (κ2) is 5.54. The van der Waals surface area contributed by atoms with Gasteiger partial charge in [0, 0.05) is 11.1 Å². The van der Waals surface area contributed by atoms with Gasteiger partial charge < -0.3 is 4.74 Å². The lowest BCUT2D eigenvalue weighted by molar-refractivity contribution is -0.140. The van der Waals surface area contributed by atoms with Crippen molar-refractivity contribution in [1.82, 2.24) is 0 Å². The van der Waals surface area contributed by atoms with Crippen LogP contribution >= 0.6 is 0 Å². The van der Waals surface area contributed by atoms with E-state index in [2.05, 4.69) is 0 Å². The number of alkyl halides is 5. The van der Waals surface area contributed by atoms with Crippen LogP contribution in [0.4, 0.5) is 22.0 Å². The summed E-state index contributed by atoms with van der Waals surface area (Å²) in [6.07, 6.45) is -8.33. The first-order chi connectivity index (χ1) is 8.68. The molecule has 0 amide bonds. The molecule has 0 unspecified atom stereocenters. The van der Waals surface area contributed by atoms with Crippen LogP contribution in [0.25, 0.3) is 0 Å². The van der Waals surface area contributed by atoms with Crippen molar-refractivity contribution in [2.75, 3.05) is 6.61 Å². The molecule has 0 radical (unpaired) electrons. The Morgan fingerprint density at radius 2 is 1.89 bits per heavy atom. The van der Waals surface area contributed by atoms with Crippen molar-refractivity contribution in [3.8, 4) is 5.75 Å². The molecule has 0 aliphatic heterocycles. The SMILES string of the molecule is CCOc1cc(C(C)=O)cc(C(F)F)c1C(F)(F)F. The molecule has 0 N–H and O–H groups in total. The minimum atomic E-state index is -4.98. The third-order valence-corrected chi connectivity index (χ3v) is 2.36. The number of Topliss-reactive ketones (excluding diaryl/α,β-unsaturated/α-hetero) is 1. The summed E-state index contributed by atoms with van der Waals surface area (Å²) in [7, 11) is 0. The second-order valence-electron chi connectivity index (χ2n) is 3.73. The van der Waals surface area contributed by atoms with Gasteiger partial charge in [-0.05, 0) is 26.0 Å². The van der Waals surface area contributed by atoms with Gasteiger partial charge in [-0.25, -0.2) is 8.78 Å². The molecule has 7 heteroatoms. The molecule has 19 heavy (non-hydrogen) atoms. The smallest absolute Gasteiger partial charge is 0.420 e. The zero-order valence-electron chi connectivity index (χ0n) is 10.1. The Kier molecular flexibility index (Phi) is 4.49. The average Bonchev–Trinajstić information content (AvgIpc) is 2.26. The molecule has 106 valence electrons. The van der Waals surface area contributed by atoms with Gasteiger partial charge in [0.2, 0.25) is 0 Å². The van der Waals surface area contributed by atoms with Gasteiger partial charge in [-0.3, -0.25) is 4.79 Å². The standard InChI is InChI=1S/C12H11F5O2/c1-3-19-9-5-7(6(2)18)4-8(11(13)14)10(9)12(15,16)17/h4-5,11H,3H2,1-2H3. The van der Waals surface area contributed by atoms with Gasteiger partial charge >= 0.3 is 6.18 Å². The minimum absolute atomic E-state index is 0.132. The van der Waals surface area contributed by atoms with Gasteiger partial charge in [-0.15, -0.1) is 0 Å². The third kappa shape index (κ3) is 3.42. The number of carbonyl (C=O) groups is 1. The average molecular weight is 282 g/mol. The number of hydrogen-bond acceptors (Lipinski definition) is 2. The molecular weight excluding hydrogens is 271 g/mol. The summed E-state index contributed by atoms with van der Waals surface area (Å²) in [5, 5.41) is 0. The lowest BCUT2D eigenvalue weighted by atomic mass is 10.0. The van der Waals surface area contributed by atoms with E-state index in [0.29, 0.717) is 6.07 Å². The Bertz CT molecular complexity index is 480. The van der Waals surface area contributed by atoms with Gasteiger partial charge in [-0.2, -0.15) is 13.2 Å². The van der Waals surface area contributed by atoms with Crippen LogP contribution < -0.4 is 4.74 Å². The van der Waals surface area contributed by atoms with Crippen molar-refractivity contribution in [1.29, 1.82) is 0 Å². The first kappa shape index (κ1) is 15.4. The van der Waals surface area contributed by atoms with E-state index in [4.69, 9.17) is 4.74 Å². The summed E-state index contributed by atoms with van der Waals surface area (Å²) < 4.78 is 68.7. The minimum Gasteiger partial charge on any atom is -0.493 e. The summed E-state index contributed by atoms with van der Waals surface area (Å²) in [5.74, 6) is -1.37. The summed E-state index contributed by atoms with van der Waals surface area (Å²) in [5.41, 5.74) is -3.02. The van der Waals surface area contributed by atoms with Crippen LogP contribution in [-0.2, 0) is 6.18 Å². The van der Waals surface area contributed by atoms with E-state index >= 15 is 0 Å². The van der Waals surface area contributed by atoms with E-state index in [1.54, 1.807) is 0 Å². The Morgan fingerprint density at radius 3 is 2.26 bits per heavy atom. The number of benzene rings is 1. The highest BCUT2D eigenvalue weighted by Gasteiger charge is 2.40. The Hall–Kier alpha value is -1.66. The highest BCUT2D eigenvalue weighted by molar-refractivity contribution is 5.95. The van der Waals surface area contributed by atoms with E-state index in [1.807, 2.05) is 0 Å². The van der Waals surface area contributed by atoms with Crippen molar-refractivity contribution in [2.24, 2.45) is 0 Å². The van der Waals surface area contributed by atoms with E-state index < -0.39 is 35.3 Å². The van der Waals surface area contributed by atoms with E-state index in [9.17, 15) is 26.7 Å². The maximum atomic E-state index is 12.8. The molecule has 2 nitrogen and oxygen atoms in total. The summed E-state index contributed by atoms with van der Waals surface area (Å²) in [6, 6.07) is 1.39. The van der Waals surface area contributed by atoms with Crippen molar-refractivity contribution in [3.05, 3.63) is 28.8 Å². The van der Waals surface area contributed by atoms with Crippen LogP contribution in [0.15, 0.2) is 12.1 Å². The first-order valence-electron chi connectivity index (χ1n) is 5.35. The molecule has 1 aromatic carbocycles. The molecule has 0 atom stereocenters. The van der Waals surface area contributed by atoms with Gasteiger partial charge in [0.25, 0.3) is 6.43 Å². The quantitative estimate of drug-likeness (QED) is 0.609. The highest BCUT2D eigenvalue weighted by Crippen LogP contribution is 2.43. The Morgan fingerprint density at radius 1 is 1.32 bits per heavy atom. The number of halogens is 5. The number of hydrogen-bond donors (Lipinski definition) is 0. The molecule has 0 saturated heterocycles. The topological polar surface area (TPSA) is 26.3 Å². The summed E-state index contributed by atoms with van der Waals surface area (Å²) >= 11 is 0. The first-order valence-corrected chi connectivity index (χ1v) is 5.35. The fourth-order valence-corrected chi connectivity index (χ4v) is 1.59. The van der Waals surface area contributed by atoms with Gasteiger partial charge in [0.1, 0.15) is 11.3 Å². The van der Waals surface area contributed by atoms with Crippen LogP contribution in [0.2, 0.25) is 0 Å². The molecule has 0 spiro atoms. The van der Waals surface area contributed by atoms with Crippen LogP contribution in [0.5, 0.6) is 5.75 Å². The summed E-state index contributed by atoms with van der Waals surface area (Å²) in [4.78, 5) is 11.2. The van der Waals surface area contributed by atoms with Crippen LogP contribution in [-0.4, -0.2) is 12.4 Å². The van der Waals surface area contributed by atoms with Crippen LogP contribution in [0.3, 0.4) is 0 Å². The highest BCUT2D eigenvalue weighted by atomic mass is 19.4. The lowest BCUT2D eigenvalue weighted by Crippen LogP contribution is -2.14. The second-order valence-corrected chi connectivity index (χ2v) is 3.73. The lowest BCUT2D eigenvalue weighted by Gasteiger charge is -2.18. The largest absolute Gasteiger partial charge is 0.493 e. The van der Waals surface area contributed by atoms with Gasteiger partial charge in [0.05, 0.1) is 6.61 Å². The van der Waals surface area contributed by atoms with Crippen molar-refractivity contribution >= 4 is 5.78 Å². The molecular formula is C12H11F5O2. The molecule has 0 aliphatic carbocycles. The maximum absolute atomic E-state index is 12.8. The van der Waals surface area contributed by atoms with Gasteiger partial charge in [-0.1, -0.05) is 0 Å². The van der Waals surface area contributed by atoms with Crippen molar-refractivity contribution < 1.29 is 31.5 Å². The fourth-order valence-electron chi connectivity index (χ4n) is 1.59. The number of rotatable bonds is 4. The van der Waals surface area contributed by atoms with E-state index in [-0.39, 0.29) is 12.2 Å². The van der Waals surface area contributed by atoms with E-state index in [0.717, 1.165) is 13.0 Å². The zero-order valence-corrected chi connectivity index (χ0v) is 10.1. The normalized spacial score (nSPS) is 11.8. The third-order valence-electron chi connectivity index (χ3n) is 2.36. The van der Waals surface area contributed by atoms with Crippen molar-refractivity contribution in [3.63, 3.8) is 0 Å². The molecule has 0 aliphatic rings. The Labute approximate surface area is 106 Å². The molecule has 0 fully saturated rings. The molecule has 0 heterocycles. The molecule has 0 bridgehead atoms. The van der Waals surface area contributed by atoms with Crippen LogP contribution in [0, 0.1) is 0 Å². The van der Waals surface area contributed by atoms with E-state index in [1.165, 1.54) is 6.92 Å². The van der Waals surface area contributed by atoms with Gasteiger partial charge in [0.15, 0.2) is 5.78 Å². The molecule has 1 rings (SSSR count). The monoisotopic (exact) mass is 282 g/mol. The number of ether oxygens (including phenoxy) is 1. The molecule has 1 aromatic rings. The van der Waals surface area contributed by atoms with Crippen molar-refractivity contribution in [2.45, 2.75) is 26.4 Å². The molecule has 0 aromatic heterocycles. The van der Waals surface area contributed by atoms with Crippen LogP contribution in [0.1, 0.15) is 41.8 Å². The molecule has 0 saturated carbocycles. The zero-order chi connectivity index (χ0) is 14.8. The fraction of sp³-hybridized carbons (Fsp3) is 0.417. The predicted octanol–water partition coefficient (Wildman–Crippen LogP) is 4.24. The number of ketones is 1. The Balaban J connectivity index is 3.60. The summed E-state index contributed by atoms with van der Waals surface area (Å²) in [6.45, 7) is 2.36. The number of carbonyl (C=O) groups excluding carboxylic acids is 1. The maximum Gasteiger partial charge on any atom is 0.420 e. The predicted molar refractivity (Wildman–Crippen MR) is 57.6 cm³/mol.